The van der Waals surface area contributed by atoms with Crippen molar-refractivity contribution < 1.29 is 19.8 Å². The van der Waals surface area contributed by atoms with Crippen LogP contribution < -0.4 is 0 Å². The standard InChI is InChI=1S/C24H26O4/c25-21(26)18-2-1-17(13-23-7-3-15(11-23)4-8-23)19(20(18)22(27)28)14-24-9-5-16(12-24)6-10-24/h1-3,5,7,9,15-16H,4,6,8,10-14H2,(H,25,26)(H,27,28). The molecule has 4 bridgehead atoms. The number of hydrogen-bond donors (Lipinski definition) is 2. The van der Waals surface area contributed by atoms with Crippen LogP contribution in [0.1, 0.15) is 70.4 Å². The third-order valence-electron chi connectivity index (χ3n) is 7.73. The molecule has 4 heteroatoms. The molecule has 4 aliphatic carbocycles. The maximum Gasteiger partial charge on any atom is 0.336 e. The zero-order valence-electron chi connectivity index (χ0n) is 16.0. The van der Waals surface area contributed by atoms with E-state index in [0.717, 1.165) is 49.7 Å². The highest BCUT2D eigenvalue weighted by Crippen LogP contribution is 2.54. The number of rotatable bonds is 6. The van der Waals surface area contributed by atoms with Crippen molar-refractivity contribution in [2.24, 2.45) is 22.7 Å². The fourth-order valence-electron chi connectivity index (χ4n) is 6.36. The monoisotopic (exact) mass is 378 g/mol. The molecule has 4 nitrogen and oxygen atoms in total. The van der Waals surface area contributed by atoms with Gasteiger partial charge in [0.05, 0.1) is 11.1 Å². The molecule has 4 atom stereocenters. The Labute approximate surface area is 165 Å². The van der Waals surface area contributed by atoms with Crippen LogP contribution in [0.4, 0.5) is 0 Å². The second kappa shape index (κ2) is 6.07. The summed E-state index contributed by atoms with van der Waals surface area (Å²) in [6, 6.07) is 3.40. The van der Waals surface area contributed by atoms with E-state index in [4.69, 9.17) is 0 Å². The first-order valence-electron chi connectivity index (χ1n) is 10.4. The predicted octanol–water partition coefficient (Wildman–Crippen LogP) is 4.88. The van der Waals surface area contributed by atoms with Gasteiger partial charge in [0, 0.05) is 0 Å². The molecule has 1 aromatic carbocycles. The van der Waals surface area contributed by atoms with Gasteiger partial charge < -0.3 is 10.2 Å². The van der Waals surface area contributed by atoms with Crippen LogP contribution >= 0.6 is 0 Å². The summed E-state index contributed by atoms with van der Waals surface area (Å²) in [7, 11) is 0. The van der Waals surface area contributed by atoms with Gasteiger partial charge in [-0.15, -0.1) is 0 Å². The predicted molar refractivity (Wildman–Crippen MR) is 106 cm³/mol. The molecule has 0 spiro atoms. The largest absolute Gasteiger partial charge is 0.478 e. The van der Waals surface area contributed by atoms with Gasteiger partial charge in [-0.25, -0.2) is 9.59 Å². The topological polar surface area (TPSA) is 74.6 Å². The number of fused-ring (bicyclic) bond motifs is 4. The lowest BCUT2D eigenvalue weighted by atomic mass is 9.74. The first-order valence-corrected chi connectivity index (χ1v) is 10.4. The third-order valence-corrected chi connectivity index (χ3v) is 7.73. The van der Waals surface area contributed by atoms with Crippen molar-refractivity contribution >= 4 is 11.9 Å². The normalized spacial score (nSPS) is 34.4. The highest BCUT2D eigenvalue weighted by molar-refractivity contribution is 6.03. The van der Waals surface area contributed by atoms with Crippen molar-refractivity contribution in [1.82, 2.24) is 0 Å². The number of hydrogen-bond acceptors (Lipinski definition) is 2. The molecule has 5 rings (SSSR count). The molecule has 4 unspecified atom stereocenters. The van der Waals surface area contributed by atoms with E-state index in [0.29, 0.717) is 18.3 Å². The van der Waals surface area contributed by atoms with Gasteiger partial charge in [0.2, 0.25) is 0 Å². The molecule has 1 aromatic rings. The molecule has 0 aliphatic heterocycles. The van der Waals surface area contributed by atoms with E-state index >= 15 is 0 Å². The second-order valence-corrected chi connectivity index (χ2v) is 9.54. The minimum atomic E-state index is -1.16. The van der Waals surface area contributed by atoms with Crippen molar-refractivity contribution in [3.8, 4) is 0 Å². The van der Waals surface area contributed by atoms with Crippen molar-refractivity contribution in [3.63, 3.8) is 0 Å². The maximum atomic E-state index is 12.2. The maximum absolute atomic E-state index is 12.2. The Morgan fingerprint density at radius 3 is 1.93 bits per heavy atom. The first kappa shape index (κ1) is 17.7. The molecular formula is C24H26O4. The highest BCUT2D eigenvalue weighted by atomic mass is 16.4. The smallest absolute Gasteiger partial charge is 0.336 e. The number of aromatic carboxylic acids is 2. The summed E-state index contributed by atoms with van der Waals surface area (Å²) in [5, 5.41) is 19.6. The Kier molecular flexibility index (Phi) is 3.84. The summed E-state index contributed by atoms with van der Waals surface area (Å²) in [6.45, 7) is 0. The summed E-state index contributed by atoms with van der Waals surface area (Å²) < 4.78 is 0. The van der Waals surface area contributed by atoms with Crippen molar-refractivity contribution in [1.29, 1.82) is 0 Å². The van der Waals surface area contributed by atoms with Gasteiger partial charge in [0.15, 0.2) is 0 Å². The van der Waals surface area contributed by atoms with Gasteiger partial charge in [-0.1, -0.05) is 30.4 Å². The molecule has 2 N–H and O–H groups in total. The fourth-order valence-corrected chi connectivity index (χ4v) is 6.36. The lowest BCUT2D eigenvalue weighted by molar-refractivity contribution is 0.0649. The third kappa shape index (κ3) is 2.73. The first-order chi connectivity index (χ1) is 13.4. The van der Waals surface area contributed by atoms with Gasteiger partial charge in [-0.2, -0.15) is 0 Å². The lowest BCUT2D eigenvalue weighted by Crippen LogP contribution is -2.24. The Balaban J connectivity index is 1.60. The van der Waals surface area contributed by atoms with Gasteiger partial charge in [0.1, 0.15) is 0 Å². The van der Waals surface area contributed by atoms with Crippen molar-refractivity contribution in [2.75, 3.05) is 0 Å². The van der Waals surface area contributed by atoms with E-state index in [-0.39, 0.29) is 22.0 Å². The molecule has 28 heavy (non-hydrogen) atoms. The van der Waals surface area contributed by atoms with Crippen LogP contribution in [-0.2, 0) is 12.8 Å². The molecule has 0 radical (unpaired) electrons. The lowest BCUT2D eigenvalue weighted by Gasteiger charge is -2.30. The van der Waals surface area contributed by atoms with Crippen LogP contribution in [0, 0.1) is 22.7 Å². The average Bonchev–Trinajstić information content (AvgIpc) is 3.42. The summed E-state index contributed by atoms with van der Waals surface area (Å²) in [4.78, 5) is 23.9. The molecule has 0 aromatic heterocycles. The summed E-state index contributed by atoms with van der Waals surface area (Å²) in [5.41, 5.74) is 1.85. The van der Waals surface area contributed by atoms with Gasteiger partial charge in [-0.3, -0.25) is 0 Å². The van der Waals surface area contributed by atoms with E-state index in [9.17, 15) is 19.8 Å². The molecule has 4 aliphatic rings. The summed E-state index contributed by atoms with van der Waals surface area (Å²) >= 11 is 0. The highest BCUT2D eigenvalue weighted by Gasteiger charge is 2.44. The van der Waals surface area contributed by atoms with Crippen LogP contribution in [0.5, 0.6) is 0 Å². The van der Waals surface area contributed by atoms with Crippen LogP contribution in [0.25, 0.3) is 0 Å². The Morgan fingerprint density at radius 2 is 1.50 bits per heavy atom. The zero-order chi connectivity index (χ0) is 19.5. The summed E-state index contributed by atoms with van der Waals surface area (Å²) in [5.74, 6) is -1.02. The fraction of sp³-hybridized carbons (Fsp3) is 0.500. The SMILES string of the molecule is O=C(O)c1ccc(CC23C=CC(CC2)C3)c(CC23C=CC(CC2)C3)c1C(=O)O. The van der Waals surface area contributed by atoms with E-state index in [2.05, 4.69) is 24.3 Å². The van der Waals surface area contributed by atoms with Gasteiger partial charge in [0.25, 0.3) is 0 Å². The van der Waals surface area contributed by atoms with Gasteiger partial charge in [-0.05, 0) is 91.2 Å². The van der Waals surface area contributed by atoms with Crippen LogP contribution in [-0.4, -0.2) is 22.2 Å². The number of allylic oxidation sites excluding steroid dienone is 4. The van der Waals surface area contributed by atoms with E-state index in [1.165, 1.54) is 12.5 Å². The molecule has 0 saturated heterocycles. The molecule has 2 fully saturated rings. The molecule has 0 heterocycles. The van der Waals surface area contributed by atoms with Crippen LogP contribution in [0.2, 0.25) is 0 Å². The number of benzene rings is 1. The minimum Gasteiger partial charge on any atom is -0.478 e. The Hall–Kier alpha value is -2.36. The molecule has 0 amide bonds. The van der Waals surface area contributed by atoms with E-state index < -0.39 is 11.9 Å². The number of carboxylic acid groups (broad SMARTS) is 2. The van der Waals surface area contributed by atoms with Crippen LogP contribution in [0.15, 0.2) is 36.4 Å². The molecular weight excluding hydrogens is 352 g/mol. The molecule has 2 saturated carbocycles. The Morgan fingerprint density at radius 1 is 0.893 bits per heavy atom. The number of carbonyl (C=O) groups is 2. The van der Waals surface area contributed by atoms with E-state index in [1.807, 2.05) is 6.07 Å². The summed E-state index contributed by atoms with van der Waals surface area (Å²) in [6.07, 6.45) is 17.4. The number of carboxylic acids is 2. The Bertz CT molecular complexity index is 927. The second-order valence-electron chi connectivity index (χ2n) is 9.54. The van der Waals surface area contributed by atoms with Gasteiger partial charge >= 0.3 is 11.9 Å². The van der Waals surface area contributed by atoms with Crippen LogP contribution in [0.3, 0.4) is 0 Å². The van der Waals surface area contributed by atoms with E-state index in [1.54, 1.807) is 0 Å². The minimum absolute atomic E-state index is 0.00212. The molecule has 146 valence electrons. The zero-order valence-corrected chi connectivity index (χ0v) is 16.0. The van der Waals surface area contributed by atoms with Crippen molar-refractivity contribution in [3.05, 3.63) is 58.7 Å². The quantitative estimate of drug-likeness (QED) is 0.692. The van der Waals surface area contributed by atoms with Crippen molar-refractivity contribution in [2.45, 2.75) is 51.4 Å². The average molecular weight is 378 g/mol.